The van der Waals surface area contributed by atoms with Gasteiger partial charge in [0.05, 0.1) is 39.4 Å². The Labute approximate surface area is 199 Å². The molecule has 178 valence electrons. The van der Waals surface area contributed by atoms with Crippen molar-refractivity contribution in [2.75, 3.05) is 5.32 Å². The number of anilines is 1. The van der Waals surface area contributed by atoms with Crippen molar-refractivity contribution in [3.8, 4) is 16.9 Å². The third-order valence-electron chi connectivity index (χ3n) is 4.83. The summed E-state index contributed by atoms with van der Waals surface area (Å²) in [4.78, 5) is 27.8. The first-order valence-electron chi connectivity index (χ1n) is 9.76. The maximum Gasteiger partial charge on any atom is 0.435 e. The van der Waals surface area contributed by atoms with Gasteiger partial charge in [-0.25, -0.2) is 13.9 Å². The lowest BCUT2D eigenvalue weighted by atomic mass is 10.1. The monoisotopic (exact) mass is 504 g/mol. The second-order valence-corrected chi connectivity index (χ2v) is 7.60. The van der Waals surface area contributed by atoms with Crippen LogP contribution in [-0.2, 0) is 6.18 Å². The number of hydrogen-bond acceptors (Lipinski definition) is 4. The number of pyridine rings is 1. The van der Waals surface area contributed by atoms with Gasteiger partial charge in [0.25, 0.3) is 5.91 Å². The summed E-state index contributed by atoms with van der Waals surface area (Å²) in [6.45, 7) is 0. The zero-order valence-corrected chi connectivity index (χ0v) is 18.1. The number of carboxylic acids is 1. The predicted octanol–water partition coefficient (Wildman–Crippen LogP) is 5.70. The molecule has 0 saturated carbocycles. The Morgan fingerprint density at radius 2 is 1.74 bits per heavy atom. The van der Waals surface area contributed by atoms with Gasteiger partial charge in [-0.05, 0) is 48.5 Å². The van der Waals surface area contributed by atoms with Crippen LogP contribution in [-0.4, -0.2) is 31.7 Å². The van der Waals surface area contributed by atoms with Crippen molar-refractivity contribution in [2.24, 2.45) is 0 Å². The topological polar surface area (TPSA) is 97.1 Å². The number of nitrogens with zero attached hydrogens (tertiary/aromatic N) is 3. The fourth-order valence-corrected chi connectivity index (χ4v) is 3.43. The van der Waals surface area contributed by atoms with Gasteiger partial charge in [0.2, 0.25) is 0 Å². The van der Waals surface area contributed by atoms with E-state index in [0.717, 1.165) is 23.0 Å². The summed E-state index contributed by atoms with van der Waals surface area (Å²) in [5.41, 5.74) is -1.15. The lowest BCUT2D eigenvalue weighted by molar-refractivity contribution is -0.141. The fourth-order valence-electron chi connectivity index (χ4n) is 3.16. The normalized spacial score (nSPS) is 11.3. The molecule has 0 atom stereocenters. The standard InChI is InChI=1S/C23H13ClF4N4O3/c24-18-9-12(22(34)35)1-7-16(18)19-8-4-14(10-29-19)30-21(33)17-11-32(31-20(17)23(26,27)28)15-5-2-13(25)3-6-15/h1-11H,(H,30,33)(H,34,35). The zero-order chi connectivity index (χ0) is 25.3. The number of alkyl halides is 3. The Kier molecular flexibility index (Phi) is 6.27. The second-order valence-electron chi connectivity index (χ2n) is 7.20. The van der Waals surface area contributed by atoms with Crippen LogP contribution in [0.5, 0.6) is 0 Å². The molecule has 2 N–H and O–H groups in total. The van der Waals surface area contributed by atoms with E-state index >= 15 is 0 Å². The first-order chi connectivity index (χ1) is 16.5. The number of carboxylic acid groups (broad SMARTS) is 1. The predicted molar refractivity (Wildman–Crippen MR) is 118 cm³/mol. The SMILES string of the molecule is O=C(O)c1ccc(-c2ccc(NC(=O)c3cn(-c4ccc(F)cc4)nc3C(F)(F)F)cn2)c(Cl)c1. The quantitative estimate of drug-likeness (QED) is 0.340. The van der Waals surface area contributed by atoms with Gasteiger partial charge in [-0.2, -0.15) is 18.3 Å². The Morgan fingerprint density at radius 3 is 2.31 bits per heavy atom. The number of amides is 1. The lowest BCUT2D eigenvalue weighted by Crippen LogP contribution is -2.17. The van der Waals surface area contributed by atoms with Crippen molar-refractivity contribution < 1.29 is 32.3 Å². The molecule has 0 aliphatic carbocycles. The number of carbonyl (C=O) groups is 2. The van der Waals surface area contributed by atoms with E-state index in [1.54, 1.807) is 0 Å². The number of hydrogen-bond donors (Lipinski definition) is 2. The van der Waals surface area contributed by atoms with Crippen LogP contribution in [0.25, 0.3) is 16.9 Å². The van der Waals surface area contributed by atoms with Crippen LogP contribution in [0.3, 0.4) is 0 Å². The van der Waals surface area contributed by atoms with Crippen LogP contribution in [0, 0.1) is 5.82 Å². The molecule has 1 amide bonds. The number of aromatic nitrogens is 3. The van der Waals surface area contributed by atoms with Crippen LogP contribution in [0.15, 0.2) is 67.0 Å². The highest BCUT2D eigenvalue weighted by Gasteiger charge is 2.39. The number of aromatic carboxylic acids is 1. The molecule has 2 aromatic carbocycles. The molecule has 2 heterocycles. The highest BCUT2D eigenvalue weighted by Crippen LogP contribution is 2.32. The molecule has 12 heteroatoms. The lowest BCUT2D eigenvalue weighted by Gasteiger charge is -2.09. The number of nitrogens with one attached hydrogen (secondary N) is 1. The van der Waals surface area contributed by atoms with E-state index in [1.807, 2.05) is 0 Å². The van der Waals surface area contributed by atoms with Crippen molar-refractivity contribution in [2.45, 2.75) is 6.18 Å². The maximum absolute atomic E-state index is 13.5. The Bertz CT molecular complexity index is 1420. The minimum Gasteiger partial charge on any atom is -0.478 e. The Balaban J connectivity index is 1.59. The Hall–Kier alpha value is -4.25. The van der Waals surface area contributed by atoms with Gasteiger partial charge >= 0.3 is 12.1 Å². The highest BCUT2D eigenvalue weighted by molar-refractivity contribution is 6.33. The summed E-state index contributed by atoms with van der Waals surface area (Å²) < 4.78 is 54.5. The fraction of sp³-hybridized carbons (Fsp3) is 0.0435. The first-order valence-corrected chi connectivity index (χ1v) is 10.1. The minimum atomic E-state index is -4.92. The molecule has 0 radical (unpaired) electrons. The molecule has 0 fully saturated rings. The number of halogens is 5. The molecule has 0 saturated heterocycles. The van der Waals surface area contributed by atoms with Crippen LogP contribution in [0.2, 0.25) is 5.02 Å². The van der Waals surface area contributed by atoms with Gasteiger partial charge in [0, 0.05) is 11.8 Å². The van der Waals surface area contributed by atoms with E-state index in [0.29, 0.717) is 11.3 Å². The zero-order valence-electron chi connectivity index (χ0n) is 17.3. The number of benzene rings is 2. The maximum atomic E-state index is 13.5. The molecule has 7 nitrogen and oxygen atoms in total. The van der Waals surface area contributed by atoms with E-state index < -0.39 is 35.1 Å². The summed E-state index contributed by atoms with van der Waals surface area (Å²) in [6, 6.07) is 11.5. The molecule has 0 unspecified atom stereocenters. The van der Waals surface area contributed by atoms with Crippen LogP contribution in [0.4, 0.5) is 23.2 Å². The van der Waals surface area contributed by atoms with Crippen molar-refractivity contribution in [1.29, 1.82) is 0 Å². The molecule has 4 aromatic rings. The largest absolute Gasteiger partial charge is 0.478 e. The summed E-state index contributed by atoms with van der Waals surface area (Å²) >= 11 is 6.12. The van der Waals surface area contributed by atoms with E-state index in [-0.39, 0.29) is 22.0 Å². The summed E-state index contributed by atoms with van der Waals surface area (Å²) in [5.74, 6) is -2.81. The average Bonchev–Trinajstić information content (AvgIpc) is 3.26. The van der Waals surface area contributed by atoms with E-state index in [9.17, 15) is 27.2 Å². The van der Waals surface area contributed by atoms with Gasteiger partial charge < -0.3 is 10.4 Å². The molecule has 2 aromatic heterocycles. The van der Waals surface area contributed by atoms with Gasteiger partial charge in [-0.3, -0.25) is 9.78 Å². The van der Waals surface area contributed by atoms with Gasteiger partial charge in [0.1, 0.15) is 5.82 Å². The molecule has 35 heavy (non-hydrogen) atoms. The molecule has 0 aliphatic rings. The second kappa shape index (κ2) is 9.18. The van der Waals surface area contributed by atoms with E-state index in [2.05, 4.69) is 15.4 Å². The molecule has 0 aliphatic heterocycles. The average molecular weight is 505 g/mol. The van der Waals surface area contributed by atoms with Crippen molar-refractivity contribution in [1.82, 2.24) is 14.8 Å². The van der Waals surface area contributed by atoms with Crippen molar-refractivity contribution in [3.05, 3.63) is 94.7 Å². The molecule has 4 rings (SSSR count). The van der Waals surface area contributed by atoms with E-state index in [4.69, 9.17) is 16.7 Å². The molecule has 0 bridgehead atoms. The highest BCUT2D eigenvalue weighted by atomic mass is 35.5. The first kappa shape index (κ1) is 23.9. The summed E-state index contributed by atoms with van der Waals surface area (Å²) in [5, 5.41) is 15.0. The van der Waals surface area contributed by atoms with Crippen molar-refractivity contribution in [3.63, 3.8) is 0 Å². The minimum absolute atomic E-state index is 0.00992. The van der Waals surface area contributed by atoms with E-state index in [1.165, 1.54) is 48.7 Å². The summed E-state index contributed by atoms with van der Waals surface area (Å²) in [6.07, 6.45) is -2.80. The number of carbonyl (C=O) groups excluding carboxylic acids is 1. The molecule has 0 spiro atoms. The van der Waals surface area contributed by atoms with Gasteiger partial charge in [0.15, 0.2) is 5.69 Å². The van der Waals surface area contributed by atoms with Crippen LogP contribution >= 0.6 is 11.6 Å². The smallest absolute Gasteiger partial charge is 0.435 e. The molecular weight excluding hydrogens is 492 g/mol. The third kappa shape index (κ3) is 5.14. The van der Waals surface area contributed by atoms with Crippen LogP contribution < -0.4 is 5.32 Å². The molecular formula is C23H13ClF4N4O3. The number of rotatable bonds is 5. The Morgan fingerprint density at radius 1 is 1.03 bits per heavy atom. The van der Waals surface area contributed by atoms with Gasteiger partial charge in [-0.1, -0.05) is 17.7 Å². The van der Waals surface area contributed by atoms with Gasteiger partial charge in [-0.15, -0.1) is 0 Å². The van der Waals surface area contributed by atoms with Crippen molar-refractivity contribution >= 4 is 29.2 Å². The summed E-state index contributed by atoms with van der Waals surface area (Å²) in [7, 11) is 0. The third-order valence-corrected chi connectivity index (χ3v) is 5.14. The van der Waals surface area contributed by atoms with Crippen LogP contribution in [0.1, 0.15) is 26.4 Å².